The van der Waals surface area contributed by atoms with E-state index in [1.807, 2.05) is 32.9 Å². The van der Waals surface area contributed by atoms with Crippen LogP contribution in [0.3, 0.4) is 0 Å². The van der Waals surface area contributed by atoms with Crippen LogP contribution in [0.4, 0.5) is 5.69 Å². The number of nitrogen functional groups attached to an aromatic ring is 1. The van der Waals surface area contributed by atoms with Crippen molar-refractivity contribution in [2.45, 2.75) is 32.8 Å². The van der Waals surface area contributed by atoms with E-state index >= 15 is 0 Å². The second-order valence-electron chi connectivity index (χ2n) is 5.08. The fourth-order valence-corrected chi connectivity index (χ4v) is 1.37. The van der Waals surface area contributed by atoms with Crippen LogP contribution in [0, 0.1) is 0 Å². The summed E-state index contributed by atoms with van der Waals surface area (Å²) in [7, 11) is 0. The van der Waals surface area contributed by atoms with Crippen molar-refractivity contribution >= 4 is 5.69 Å². The zero-order chi connectivity index (χ0) is 13.2. The fraction of sp³-hybridized carbons (Fsp3) is 0.385. The molecule has 1 aromatic carbocycles. The molecule has 18 heavy (non-hydrogen) atoms. The topological polar surface area (TPSA) is 74.2 Å². The number of hydrogen-bond donors (Lipinski definition) is 1. The Balaban J connectivity index is 2.03. The molecule has 0 saturated carbocycles. The third-order valence-electron chi connectivity index (χ3n) is 2.38. The minimum atomic E-state index is -0.156. The monoisotopic (exact) mass is 247 g/mol. The number of aromatic nitrogens is 2. The molecule has 2 N–H and O–H groups in total. The first-order valence-electron chi connectivity index (χ1n) is 5.77. The third kappa shape index (κ3) is 2.80. The summed E-state index contributed by atoms with van der Waals surface area (Å²) < 4.78 is 11.0. The number of nitrogens with two attached hydrogens (primary N) is 1. The lowest BCUT2D eigenvalue weighted by atomic mass is 9.97. The van der Waals surface area contributed by atoms with Crippen LogP contribution in [0.2, 0.25) is 0 Å². The van der Waals surface area contributed by atoms with E-state index in [0.717, 1.165) is 0 Å². The SMILES string of the molecule is CC(C)(C)c1nnc(COc2ccccc2N)o1. The van der Waals surface area contributed by atoms with Crippen molar-refractivity contribution in [2.24, 2.45) is 0 Å². The minimum Gasteiger partial charge on any atom is -0.482 e. The normalized spacial score (nSPS) is 11.5. The number of anilines is 1. The average Bonchev–Trinajstić information content (AvgIpc) is 2.76. The van der Waals surface area contributed by atoms with Gasteiger partial charge in [-0.05, 0) is 12.1 Å². The van der Waals surface area contributed by atoms with Gasteiger partial charge >= 0.3 is 0 Å². The molecule has 2 rings (SSSR count). The van der Waals surface area contributed by atoms with Gasteiger partial charge < -0.3 is 14.9 Å². The molecule has 1 aromatic heterocycles. The lowest BCUT2D eigenvalue weighted by molar-refractivity contribution is 0.252. The highest BCUT2D eigenvalue weighted by Crippen LogP contribution is 2.23. The Hall–Kier alpha value is -2.04. The number of nitrogens with zero attached hydrogens (tertiary/aromatic N) is 2. The van der Waals surface area contributed by atoms with Gasteiger partial charge in [0.05, 0.1) is 5.69 Å². The van der Waals surface area contributed by atoms with Crippen LogP contribution in [-0.2, 0) is 12.0 Å². The maximum absolute atomic E-state index is 5.77. The highest BCUT2D eigenvalue weighted by atomic mass is 16.5. The van der Waals surface area contributed by atoms with Crippen molar-refractivity contribution in [1.82, 2.24) is 10.2 Å². The van der Waals surface area contributed by atoms with E-state index in [4.69, 9.17) is 14.9 Å². The van der Waals surface area contributed by atoms with Gasteiger partial charge in [0.1, 0.15) is 5.75 Å². The smallest absolute Gasteiger partial charge is 0.253 e. The van der Waals surface area contributed by atoms with Crippen molar-refractivity contribution in [3.8, 4) is 5.75 Å². The van der Waals surface area contributed by atoms with Crippen LogP contribution in [-0.4, -0.2) is 10.2 Å². The summed E-state index contributed by atoms with van der Waals surface area (Å²) in [5.41, 5.74) is 6.20. The van der Waals surface area contributed by atoms with Gasteiger partial charge in [-0.3, -0.25) is 0 Å². The largest absolute Gasteiger partial charge is 0.482 e. The van der Waals surface area contributed by atoms with Gasteiger partial charge in [-0.15, -0.1) is 10.2 Å². The highest BCUT2D eigenvalue weighted by Gasteiger charge is 2.21. The van der Waals surface area contributed by atoms with E-state index in [9.17, 15) is 0 Å². The molecule has 5 nitrogen and oxygen atoms in total. The van der Waals surface area contributed by atoms with Crippen LogP contribution < -0.4 is 10.5 Å². The van der Waals surface area contributed by atoms with Crippen LogP contribution in [0.15, 0.2) is 28.7 Å². The van der Waals surface area contributed by atoms with Crippen LogP contribution in [0.5, 0.6) is 5.75 Å². The maximum Gasteiger partial charge on any atom is 0.253 e. The molecule has 1 heterocycles. The van der Waals surface area contributed by atoms with Crippen LogP contribution in [0.25, 0.3) is 0 Å². The summed E-state index contributed by atoms with van der Waals surface area (Å²) in [6.45, 7) is 6.26. The van der Waals surface area contributed by atoms with Crippen molar-refractivity contribution in [2.75, 3.05) is 5.73 Å². The summed E-state index contributed by atoms with van der Waals surface area (Å²) in [6, 6.07) is 7.30. The molecule has 96 valence electrons. The van der Waals surface area contributed by atoms with Gasteiger partial charge in [0.15, 0.2) is 6.61 Å². The van der Waals surface area contributed by atoms with E-state index in [-0.39, 0.29) is 12.0 Å². The molecule has 0 fully saturated rings. The maximum atomic E-state index is 5.77. The molecule has 0 aliphatic rings. The average molecular weight is 247 g/mol. The highest BCUT2D eigenvalue weighted by molar-refractivity contribution is 5.51. The first kappa shape index (κ1) is 12.4. The van der Waals surface area contributed by atoms with Gasteiger partial charge in [0, 0.05) is 5.41 Å². The summed E-state index contributed by atoms with van der Waals surface area (Å²) in [5.74, 6) is 1.67. The predicted octanol–water partition coefficient (Wildman–Crippen LogP) is 2.53. The van der Waals surface area contributed by atoms with Crippen LogP contribution >= 0.6 is 0 Å². The molecule has 0 atom stereocenters. The predicted molar refractivity (Wildman–Crippen MR) is 68.2 cm³/mol. The molecule has 5 heteroatoms. The summed E-state index contributed by atoms with van der Waals surface area (Å²) in [5, 5.41) is 7.94. The Morgan fingerprint density at radius 2 is 1.94 bits per heavy atom. The molecule has 0 radical (unpaired) electrons. The second kappa shape index (κ2) is 4.68. The lowest BCUT2D eigenvalue weighted by Gasteiger charge is -2.11. The molecular weight excluding hydrogens is 230 g/mol. The second-order valence-corrected chi connectivity index (χ2v) is 5.08. The number of benzene rings is 1. The third-order valence-corrected chi connectivity index (χ3v) is 2.38. The lowest BCUT2D eigenvalue weighted by Crippen LogP contribution is -2.11. The van der Waals surface area contributed by atoms with Crippen molar-refractivity contribution in [3.05, 3.63) is 36.0 Å². The number of ether oxygens (including phenoxy) is 1. The van der Waals surface area contributed by atoms with Gasteiger partial charge in [-0.25, -0.2) is 0 Å². The van der Waals surface area contributed by atoms with Crippen LogP contribution in [0.1, 0.15) is 32.6 Å². The zero-order valence-corrected chi connectivity index (χ0v) is 10.8. The molecule has 0 unspecified atom stereocenters. The Kier molecular flexibility index (Phi) is 3.23. The van der Waals surface area contributed by atoms with E-state index in [1.54, 1.807) is 12.1 Å². The van der Waals surface area contributed by atoms with E-state index in [2.05, 4.69) is 10.2 Å². The molecule has 0 amide bonds. The number of rotatable bonds is 3. The molecule has 0 aliphatic carbocycles. The summed E-state index contributed by atoms with van der Waals surface area (Å²) in [4.78, 5) is 0. The quantitative estimate of drug-likeness (QED) is 0.843. The summed E-state index contributed by atoms with van der Waals surface area (Å²) >= 11 is 0. The molecule has 0 saturated heterocycles. The molecule has 0 spiro atoms. The van der Waals surface area contributed by atoms with Crippen molar-refractivity contribution in [1.29, 1.82) is 0 Å². The van der Waals surface area contributed by atoms with E-state index in [0.29, 0.717) is 23.2 Å². The molecule has 2 aromatic rings. The zero-order valence-electron chi connectivity index (χ0n) is 10.8. The first-order valence-corrected chi connectivity index (χ1v) is 5.77. The Morgan fingerprint density at radius 3 is 2.56 bits per heavy atom. The van der Waals surface area contributed by atoms with Gasteiger partial charge in [-0.2, -0.15) is 0 Å². The van der Waals surface area contributed by atoms with E-state index < -0.39 is 0 Å². The summed E-state index contributed by atoms with van der Waals surface area (Å²) in [6.07, 6.45) is 0. The van der Waals surface area contributed by atoms with Gasteiger partial charge in [0.25, 0.3) is 5.89 Å². The molecular formula is C13H17N3O2. The fourth-order valence-electron chi connectivity index (χ4n) is 1.37. The Bertz CT molecular complexity index is 529. The van der Waals surface area contributed by atoms with Crippen molar-refractivity contribution in [3.63, 3.8) is 0 Å². The molecule has 0 aliphatic heterocycles. The standard InChI is InChI=1S/C13H17N3O2/c1-13(2,3)12-16-15-11(18-12)8-17-10-7-5-4-6-9(10)14/h4-7H,8,14H2,1-3H3. The van der Waals surface area contributed by atoms with Gasteiger partial charge in [0.2, 0.25) is 5.89 Å². The Morgan fingerprint density at radius 1 is 1.22 bits per heavy atom. The Labute approximate surface area is 106 Å². The van der Waals surface area contributed by atoms with Crippen molar-refractivity contribution < 1.29 is 9.15 Å². The van der Waals surface area contributed by atoms with Gasteiger partial charge in [-0.1, -0.05) is 32.9 Å². The van der Waals surface area contributed by atoms with E-state index in [1.165, 1.54) is 0 Å². The first-order chi connectivity index (χ1) is 8.47. The minimum absolute atomic E-state index is 0.156. The number of hydrogen-bond acceptors (Lipinski definition) is 5. The number of para-hydroxylation sites is 2. The molecule has 0 bridgehead atoms.